The van der Waals surface area contributed by atoms with E-state index in [9.17, 15) is 0 Å². The minimum Gasteiger partial charge on any atom is -0.250 e. The molecule has 0 aliphatic heterocycles. The van der Waals surface area contributed by atoms with E-state index in [-0.39, 0.29) is 0 Å². The lowest BCUT2D eigenvalue weighted by atomic mass is 10.4. The van der Waals surface area contributed by atoms with E-state index < -0.39 is 0 Å². The molecule has 2 rings (SSSR count). The fourth-order valence-electron chi connectivity index (χ4n) is 1.07. The average Bonchev–Trinajstić information content (AvgIpc) is 2.50. The monoisotopic (exact) mass is 175 g/mol. The van der Waals surface area contributed by atoms with Gasteiger partial charge < -0.3 is 0 Å². The van der Waals surface area contributed by atoms with E-state index in [0.717, 1.165) is 0 Å². The summed E-state index contributed by atoms with van der Waals surface area (Å²) in [5.41, 5.74) is 8.91. The standard InChI is InChI=1S/C6H5N7/c1-13-6-4(2-10-13)5(11-12-7)8-3-9-6/h2-3H,1H3. The predicted octanol–water partition coefficient (Wildman–Crippen LogP) is 1.31. The van der Waals surface area contributed by atoms with E-state index in [1.165, 1.54) is 6.33 Å². The Hall–Kier alpha value is -2.14. The first kappa shape index (κ1) is 7.51. The van der Waals surface area contributed by atoms with Crippen LogP contribution < -0.4 is 0 Å². The molecule has 0 amide bonds. The number of rotatable bonds is 1. The molecule has 0 unspecified atom stereocenters. The Morgan fingerprint density at radius 2 is 2.38 bits per heavy atom. The van der Waals surface area contributed by atoms with E-state index in [1.54, 1.807) is 17.9 Å². The van der Waals surface area contributed by atoms with Crippen LogP contribution in [0.25, 0.3) is 21.5 Å². The zero-order valence-electron chi connectivity index (χ0n) is 6.79. The second kappa shape index (κ2) is 2.72. The van der Waals surface area contributed by atoms with Crippen molar-refractivity contribution in [2.24, 2.45) is 12.2 Å². The molecule has 0 aromatic carbocycles. The molecule has 0 radical (unpaired) electrons. The summed E-state index contributed by atoms with van der Waals surface area (Å²) in [6.07, 6.45) is 2.91. The number of fused-ring (bicyclic) bond motifs is 1. The summed E-state index contributed by atoms with van der Waals surface area (Å²) in [5, 5.41) is 8.05. The van der Waals surface area contributed by atoms with Gasteiger partial charge in [-0.05, 0) is 10.6 Å². The van der Waals surface area contributed by atoms with Gasteiger partial charge in [0.15, 0.2) is 5.65 Å². The van der Waals surface area contributed by atoms with Crippen LogP contribution in [0.3, 0.4) is 0 Å². The van der Waals surface area contributed by atoms with Crippen LogP contribution in [0.4, 0.5) is 5.82 Å². The Labute approximate surface area is 72.7 Å². The van der Waals surface area contributed by atoms with Gasteiger partial charge in [-0.3, -0.25) is 4.68 Å². The van der Waals surface area contributed by atoms with Crippen LogP contribution in [-0.2, 0) is 7.05 Å². The van der Waals surface area contributed by atoms with Crippen LogP contribution in [0.2, 0.25) is 0 Å². The van der Waals surface area contributed by atoms with Gasteiger partial charge in [-0.25, -0.2) is 9.97 Å². The Morgan fingerprint density at radius 1 is 1.54 bits per heavy atom. The Bertz CT molecular complexity index is 493. The third-order valence-electron chi connectivity index (χ3n) is 1.65. The van der Waals surface area contributed by atoms with Crippen molar-refractivity contribution < 1.29 is 0 Å². The lowest BCUT2D eigenvalue weighted by Gasteiger charge is -1.93. The first-order valence-electron chi connectivity index (χ1n) is 3.50. The van der Waals surface area contributed by atoms with Crippen molar-refractivity contribution in [2.45, 2.75) is 0 Å². The summed E-state index contributed by atoms with van der Waals surface area (Å²) >= 11 is 0. The highest BCUT2D eigenvalue weighted by atomic mass is 15.3. The zero-order chi connectivity index (χ0) is 9.26. The molecule has 2 heterocycles. The summed E-state index contributed by atoms with van der Waals surface area (Å²) in [6.45, 7) is 0. The molecule has 0 aliphatic carbocycles. The first-order chi connectivity index (χ1) is 6.33. The molecule has 0 spiro atoms. The topological polar surface area (TPSA) is 92.4 Å². The molecule has 0 saturated heterocycles. The third kappa shape index (κ3) is 1.07. The maximum atomic E-state index is 8.26. The molecule has 2 aromatic heterocycles. The SMILES string of the molecule is Cn1ncc2c(N=[N+]=[N-])ncnc21. The van der Waals surface area contributed by atoms with E-state index in [1.807, 2.05) is 0 Å². The van der Waals surface area contributed by atoms with Gasteiger partial charge in [-0.15, -0.1) is 0 Å². The van der Waals surface area contributed by atoms with Gasteiger partial charge in [-0.1, -0.05) is 0 Å². The molecule has 0 fully saturated rings. The number of aromatic nitrogens is 4. The molecular formula is C6H5N7. The predicted molar refractivity (Wildman–Crippen MR) is 45.1 cm³/mol. The first-order valence-corrected chi connectivity index (χ1v) is 3.50. The number of hydrogen-bond donors (Lipinski definition) is 0. The van der Waals surface area contributed by atoms with Gasteiger partial charge in [0.2, 0.25) is 0 Å². The smallest absolute Gasteiger partial charge is 0.161 e. The zero-order valence-corrected chi connectivity index (χ0v) is 6.79. The molecule has 13 heavy (non-hydrogen) atoms. The summed E-state index contributed by atoms with van der Waals surface area (Å²) in [7, 11) is 1.76. The number of aryl methyl sites for hydroxylation is 1. The lowest BCUT2D eigenvalue weighted by Crippen LogP contribution is -1.91. The van der Waals surface area contributed by atoms with Gasteiger partial charge in [0.1, 0.15) is 12.1 Å². The van der Waals surface area contributed by atoms with Crippen LogP contribution in [0, 0.1) is 0 Å². The minimum absolute atomic E-state index is 0.306. The van der Waals surface area contributed by atoms with E-state index in [0.29, 0.717) is 16.9 Å². The van der Waals surface area contributed by atoms with Gasteiger partial charge in [0.25, 0.3) is 0 Å². The van der Waals surface area contributed by atoms with Crippen molar-refractivity contribution in [1.82, 2.24) is 19.7 Å². The second-order valence-corrected chi connectivity index (χ2v) is 2.39. The maximum Gasteiger partial charge on any atom is 0.161 e. The van der Waals surface area contributed by atoms with Crippen molar-refractivity contribution in [3.8, 4) is 0 Å². The Morgan fingerprint density at radius 3 is 3.15 bits per heavy atom. The third-order valence-corrected chi connectivity index (χ3v) is 1.65. The molecule has 7 nitrogen and oxygen atoms in total. The molecule has 64 valence electrons. The second-order valence-electron chi connectivity index (χ2n) is 2.39. The molecule has 0 atom stereocenters. The van der Waals surface area contributed by atoms with Crippen molar-refractivity contribution in [3.05, 3.63) is 23.0 Å². The highest BCUT2D eigenvalue weighted by molar-refractivity contribution is 5.84. The van der Waals surface area contributed by atoms with Crippen molar-refractivity contribution in [3.63, 3.8) is 0 Å². The van der Waals surface area contributed by atoms with Gasteiger partial charge in [0, 0.05) is 12.0 Å². The largest absolute Gasteiger partial charge is 0.250 e. The summed E-state index contributed by atoms with van der Waals surface area (Å²) in [4.78, 5) is 10.5. The summed E-state index contributed by atoms with van der Waals surface area (Å²) < 4.78 is 1.59. The Balaban J connectivity index is 2.84. The van der Waals surface area contributed by atoms with E-state index in [4.69, 9.17) is 5.53 Å². The van der Waals surface area contributed by atoms with Crippen LogP contribution >= 0.6 is 0 Å². The number of nitrogens with zero attached hydrogens (tertiary/aromatic N) is 7. The van der Waals surface area contributed by atoms with E-state index >= 15 is 0 Å². The molecule has 0 bridgehead atoms. The van der Waals surface area contributed by atoms with Crippen molar-refractivity contribution in [2.75, 3.05) is 0 Å². The van der Waals surface area contributed by atoms with Crippen LogP contribution in [0.15, 0.2) is 17.6 Å². The van der Waals surface area contributed by atoms with Gasteiger partial charge >= 0.3 is 0 Å². The van der Waals surface area contributed by atoms with Crippen molar-refractivity contribution >= 4 is 16.9 Å². The fraction of sp³-hybridized carbons (Fsp3) is 0.167. The lowest BCUT2D eigenvalue weighted by molar-refractivity contribution is 0.785. The van der Waals surface area contributed by atoms with Crippen LogP contribution in [0.5, 0.6) is 0 Å². The average molecular weight is 175 g/mol. The number of hydrogen-bond acceptors (Lipinski definition) is 4. The molecule has 2 aromatic rings. The van der Waals surface area contributed by atoms with Crippen LogP contribution in [0.1, 0.15) is 0 Å². The molecule has 7 heteroatoms. The molecular weight excluding hydrogens is 170 g/mol. The normalized spacial score (nSPS) is 9.92. The molecule has 0 saturated carbocycles. The van der Waals surface area contributed by atoms with Gasteiger partial charge in [0.05, 0.1) is 11.6 Å². The maximum absolute atomic E-state index is 8.26. The van der Waals surface area contributed by atoms with Crippen LogP contribution in [-0.4, -0.2) is 19.7 Å². The fourth-order valence-corrected chi connectivity index (χ4v) is 1.07. The number of azide groups is 1. The molecule has 0 N–H and O–H groups in total. The van der Waals surface area contributed by atoms with Gasteiger partial charge in [-0.2, -0.15) is 5.10 Å². The summed E-state index contributed by atoms with van der Waals surface area (Å²) in [6, 6.07) is 0. The van der Waals surface area contributed by atoms with Crippen molar-refractivity contribution in [1.29, 1.82) is 0 Å². The minimum atomic E-state index is 0.306. The highest BCUT2D eigenvalue weighted by Gasteiger charge is 2.04. The highest BCUT2D eigenvalue weighted by Crippen LogP contribution is 2.20. The van der Waals surface area contributed by atoms with E-state index in [2.05, 4.69) is 25.1 Å². The summed E-state index contributed by atoms with van der Waals surface area (Å²) in [5.74, 6) is 0.306. The quantitative estimate of drug-likeness (QED) is 0.371. The molecule has 0 aliphatic rings. The Kier molecular flexibility index (Phi) is 1.57.